The van der Waals surface area contributed by atoms with Gasteiger partial charge in [-0.15, -0.1) is 0 Å². The molecule has 136 valence electrons. The highest BCUT2D eigenvalue weighted by Crippen LogP contribution is 2.09. The van der Waals surface area contributed by atoms with Gasteiger partial charge in [-0.3, -0.25) is 14.6 Å². The van der Waals surface area contributed by atoms with E-state index in [2.05, 4.69) is 15.6 Å². The minimum atomic E-state index is -0.697. The molecule has 6 N–H and O–H groups in total. The molecule has 7 heteroatoms. The first kappa shape index (κ1) is 19.0. The van der Waals surface area contributed by atoms with E-state index in [0.717, 1.165) is 0 Å². The fourth-order valence-electron chi connectivity index (χ4n) is 2.35. The normalized spacial score (nSPS) is 11.2. The molecule has 2 rings (SSSR count). The predicted molar refractivity (Wildman–Crippen MR) is 103 cm³/mol. The van der Waals surface area contributed by atoms with E-state index >= 15 is 0 Å². The topological polar surface area (TPSA) is 123 Å². The summed E-state index contributed by atoms with van der Waals surface area (Å²) < 4.78 is 0. The molecule has 0 heterocycles. The molecule has 0 bridgehead atoms. The minimum Gasteiger partial charge on any atom is -0.370 e. The first-order valence-corrected chi connectivity index (χ1v) is 8.33. The van der Waals surface area contributed by atoms with Gasteiger partial charge < -0.3 is 22.1 Å². The summed E-state index contributed by atoms with van der Waals surface area (Å²) in [6.07, 6.45) is 0.966. The van der Waals surface area contributed by atoms with Gasteiger partial charge in [0.05, 0.1) is 0 Å². The number of benzene rings is 2. The number of para-hydroxylation sites is 1. The van der Waals surface area contributed by atoms with Gasteiger partial charge in [-0.25, -0.2) is 0 Å². The van der Waals surface area contributed by atoms with Crippen molar-refractivity contribution in [3.63, 3.8) is 0 Å². The lowest BCUT2D eigenvalue weighted by atomic mass is 10.1. The number of amides is 2. The molecule has 7 nitrogen and oxygen atoms in total. The number of anilines is 1. The van der Waals surface area contributed by atoms with Crippen LogP contribution < -0.4 is 22.1 Å². The number of hydrogen-bond acceptors (Lipinski definition) is 3. The average molecular weight is 353 g/mol. The van der Waals surface area contributed by atoms with Crippen LogP contribution in [0, 0.1) is 0 Å². The SMILES string of the molecule is NC(N)=NCCC[C@H](NC(=O)c1ccccc1)C(=O)Nc1ccccc1. The Hall–Kier alpha value is -3.35. The first-order valence-electron chi connectivity index (χ1n) is 8.33. The number of carbonyl (C=O) groups is 2. The Morgan fingerprint density at radius 2 is 1.58 bits per heavy atom. The number of hydrogen-bond donors (Lipinski definition) is 4. The van der Waals surface area contributed by atoms with E-state index in [9.17, 15) is 9.59 Å². The zero-order valence-electron chi connectivity index (χ0n) is 14.4. The molecule has 0 fully saturated rings. The van der Waals surface area contributed by atoms with Crippen LogP contribution >= 0.6 is 0 Å². The van der Waals surface area contributed by atoms with Crippen molar-refractivity contribution in [2.45, 2.75) is 18.9 Å². The maximum absolute atomic E-state index is 12.6. The largest absolute Gasteiger partial charge is 0.370 e. The van der Waals surface area contributed by atoms with Crippen molar-refractivity contribution in [1.82, 2.24) is 5.32 Å². The monoisotopic (exact) mass is 353 g/mol. The molecule has 1 atom stereocenters. The third-order valence-electron chi connectivity index (χ3n) is 3.64. The summed E-state index contributed by atoms with van der Waals surface area (Å²) in [5.74, 6) is -0.588. The number of carbonyl (C=O) groups excluding carboxylic acids is 2. The quantitative estimate of drug-likeness (QED) is 0.326. The summed E-state index contributed by atoms with van der Waals surface area (Å²) in [5.41, 5.74) is 11.8. The number of nitrogens with one attached hydrogen (secondary N) is 2. The highest BCUT2D eigenvalue weighted by Gasteiger charge is 2.21. The summed E-state index contributed by atoms with van der Waals surface area (Å²) in [6, 6.07) is 17.1. The van der Waals surface area contributed by atoms with Gasteiger partial charge in [-0.05, 0) is 37.1 Å². The summed E-state index contributed by atoms with van der Waals surface area (Å²) in [7, 11) is 0. The first-order chi connectivity index (χ1) is 12.6. The van der Waals surface area contributed by atoms with Crippen molar-refractivity contribution in [2.24, 2.45) is 16.5 Å². The van der Waals surface area contributed by atoms with E-state index < -0.39 is 6.04 Å². The number of aliphatic imine (C=N–C) groups is 1. The van der Waals surface area contributed by atoms with Gasteiger partial charge in [0, 0.05) is 17.8 Å². The van der Waals surface area contributed by atoms with Gasteiger partial charge in [0.25, 0.3) is 5.91 Å². The van der Waals surface area contributed by atoms with Gasteiger partial charge in [0.2, 0.25) is 5.91 Å². The van der Waals surface area contributed by atoms with Gasteiger partial charge in [0.1, 0.15) is 6.04 Å². The van der Waals surface area contributed by atoms with Crippen molar-refractivity contribution in [2.75, 3.05) is 11.9 Å². The summed E-state index contributed by atoms with van der Waals surface area (Å²) in [5, 5.41) is 5.59. The van der Waals surface area contributed by atoms with Crippen LogP contribution in [-0.2, 0) is 4.79 Å². The fraction of sp³-hybridized carbons (Fsp3) is 0.211. The van der Waals surface area contributed by atoms with Crippen LogP contribution in [0.25, 0.3) is 0 Å². The number of rotatable bonds is 8. The predicted octanol–water partition coefficient (Wildman–Crippen LogP) is 1.48. The highest BCUT2D eigenvalue weighted by molar-refractivity contribution is 6.01. The minimum absolute atomic E-state index is 0.00334. The maximum Gasteiger partial charge on any atom is 0.251 e. The Morgan fingerprint density at radius 1 is 0.962 bits per heavy atom. The van der Waals surface area contributed by atoms with Gasteiger partial charge in [-0.1, -0.05) is 36.4 Å². The van der Waals surface area contributed by atoms with Crippen LogP contribution in [0.3, 0.4) is 0 Å². The average Bonchev–Trinajstić information content (AvgIpc) is 2.65. The standard InChI is InChI=1S/C19H23N5O2/c20-19(21)22-13-7-12-16(18(26)23-15-10-5-2-6-11-15)24-17(25)14-8-3-1-4-9-14/h1-6,8-11,16H,7,12-13H2,(H,23,26)(H,24,25)(H4,20,21,22)/t16-/m0/s1. The summed E-state index contributed by atoms with van der Waals surface area (Å²) in [4.78, 5) is 28.9. The van der Waals surface area contributed by atoms with E-state index in [1.165, 1.54) is 0 Å². The van der Waals surface area contributed by atoms with Gasteiger partial charge >= 0.3 is 0 Å². The molecule has 0 aliphatic carbocycles. The Labute approximate surface area is 152 Å². The number of guanidine groups is 1. The van der Waals surface area contributed by atoms with E-state index in [0.29, 0.717) is 30.6 Å². The molecule has 0 radical (unpaired) electrons. The van der Waals surface area contributed by atoms with Crippen LogP contribution in [-0.4, -0.2) is 30.4 Å². The molecule has 2 amide bonds. The fourth-order valence-corrected chi connectivity index (χ4v) is 2.35. The molecule has 0 aliphatic heterocycles. The number of nitrogens with two attached hydrogens (primary N) is 2. The van der Waals surface area contributed by atoms with Gasteiger partial charge in [-0.2, -0.15) is 0 Å². The molecule has 0 spiro atoms. The lowest BCUT2D eigenvalue weighted by Crippen LogP contribution is -2.44. The van der Waals surface area contributed by atoms with E-state index in [-0.39, 0.29) is 17.8 Å². The number of nitrogens with zero attached hydrogens (tertiary/aromatic N) is 1. The van der Waals surface area contributed by atoms with Crippen molar-refractivity contribution < 1.29 is 9.59 Å². The van der Waals surface area contributed by atoms with Crippen LogP contribution in [0.5, 0.6) is 0 Å². The van der Waals surface area contributed by atoms with Crippen molar-refractivity contribution in [1.29, 1.82) is 0 Å². The summed E-state index contributed by atoms with van der Waals surface area (Å²) in [6.45, 7) is 0.388. The van der Waals surface area contributed by atoms with E-state index in [1.54, 1.807) is 36.4 Å². The van der Waals surface area contributed by atoms with Crippen molar-refractivity contribution >= 4 is 23.5 Å². The Balaban J connectivity index is 2.03. The molecular formula is C19H23N5O2. The molecule has 0 unspecified atom stereocenters. The van der Waals surface area contributed by atoms with Gasteiger partial charge in [0.15, 0.2) is 5.96 Å². The molecular weight excluding hydrogens is 330 g/mol. The van der Waals surface area contributed by atoms with Crippen LogP contribution in [0.4, 0.5) is 5.69 Å². The zero-order chi connectivity index (χ0) is 18.8. The third kappa shape index (κ3) is 6.27. The maximum atomic E-state index is 12.6. The van der Waals surface area contributed by atoms with Crippen molar-refractivity contribution in [3.05, 3.63) is 66.2 Å². The molecule has 0 saturated carbocycles. The Bertz CT molecular complexity index is 743. The molecule has 0 saturated heterocycles. The lowest BCUT2D eigenvalue weighted by Gasteiger charge is -2.18. The molecule has 0 aromatic heterocycles. The third-order valence-corrected chi connectivity index (χ3v) is 3.64. The van der Waals surface area contributed by atoms with E-state index in [1.807, 2.05) is 24.3 Å². The Morgan fingerprint density at radius 3 is 2.19 bits per heavy atom. The van der Waals surface area contributed by atoms with Crippen LogP contribution in [0.1, 0.15) is 23.2 Å². The lowest BCUT2D eigenvalue weighted by molar-refractivity contribution is -0.118. The summed E-state index contributed by atoms with van der Waals surface area (Å²) >= 11 is 0. The van der Waals surface area contributed by atoms with E-state index in [4.69, 9.17) is 11.5 Å². The second-order valence-electron chi connectivity index (χ2n) is 5.70. The molecule has 0 aliphatic rings. The van der Waals surface area contributed by atoms with Crippen LogP contribution in [0.15, 0.2) is 65.7 Å². The molecule has 2 aromatic carbocycles. The second kappa shape index (κ2) is 9.83. The smallest absolute Gasteiger partial charge is 0.251 e. The molecule has 26 heavy (non-hydrogen) atoms. The second-order valence-corrected chi connectivity index (χ2v) is 5.70. The highest BCUT2D eigenvalue weighted by atomic mass is 16.2. The Kier molecular flexibility index (Phi) is 7.17. The zero-order valence-corrected chi connectivity index (χ0v) is 14.4. The van der Waals surface area contributed by atoms with Crippen LogP contribution in [0.2, 0.25) is 0 Å². The van der Waals surface area contributed by atoms with Crippen molar-refractivity contribution in [3.8, 4) is 0 Å². The molecule has 2 aromatic rings.